The third-order valence-corrected chi connectivity index (χ3v) is 3.87. The lowest BCUT2D eigenvalue weighted by molar-refractivity contribution is 0.601. The van der Waals surface area contributed by atoms with Crippen molar-refractivity contribution >= 4 is 27.6 Å². The van der Waals surface area contributed by atoms with E-state index in [1.807, 2.05) is 0 Å². The summed E-state index contributed by atoms with van der Waals surface area (Å²) in [5, 5.41) is 5.61. The summed E-state index contributed by atoms with van der Waals surface area (Å²) in [5.74, 6) is 1.02. The van der Waals surface area contributed by atoms with Gasteiger partial charge in [0.1, 0.15) is 11.6 Å². The van der Waals surface area contributed by atoms with E-state index < -0.39 is 10.0 Å². The smallest absolute Gasteiger partial charge is 0.263 e. The molecule has 8 heteroatoms. The molecule has 7 nitrogen and oxygen atoms in total. The number of hydrogen-bond acceptors (Lipinski definition) is 6. The van der Waals surface area contributed by atoms with Gasteiger partial charge in [0, 0.05) is 20.2 Å². The minimum absolute atomic E-state index is 0.177. The highest BCUT2D eigenvalue weighted by Gasteiger charge is 2.15. The van der Waals surface area contributed by atoms with Gasteiger partial charge >= 0.3 is 0 Å². The fourth-order valence-electron chi connectivity index (χ4n) is 1.54. The highest BCUT2D eigenvalue weighted by molar-refractivity contribution is 7.92. The van der Waals surface area contributed by atoms with Crippen LogP contribution in [-0.4, -0.2) is 32.5 Å². The summed E-state index contributed by atoms with van der Waals surface area (Å²) in [7, 11) is -0.310. The predicted octanol–water partition coefficient (Wildman–Crippen LogP) is 1.36. The Morgan fingerprint density at radius 3 is 2.20 bits per heavy atom. The molecule has 3 N–H and O–H groups in total. The molecule has 106 valence electrons. The number of aromatic nitrogens is 2. The molecule has 0 fully saturated rings. The summed E-state index contributed by atoms with van der Waals surface area (Å²) in [6.07, 6.45) is 0. The monoisotopic (exact) mass is 293 g/mol. The van der Waals surface area contributed by atoms with Crippen LogP contribution in [0.4, 0.5) is 17.6 Å². The van der Waals surface area contributed by atoms with Gasteiger partial charge in [-0.1, -0.05) is 18.2 Å². The quantitative estimate of drug-likeness (QED) is 0.770. The second-order valence-corrected chi connectivity index (χ2v) is 5.56. The number of anilines is 3. The first-order valence-electron chi connectivity index (χ1n) is 5.87. The number of sulfonamides is 1. The Balaban J connectivity index is 2.34. The van der Waals surface area contributed by atoms with E-state index in [0.717, 1.165) is 0 Å². The van der Waals surface area contributed by atoms with Crippen molar-refractivity contribution < 1.29 is 8.42 Å². The van der Waals surface area contributed by atoms with Gasteiger partial charge < -0.3 is 10.6 Å². The number of nitrogens with one attached hydrogen (secondary N) is 3. The van der Waals surface area contributed by atoms with Crippen LogP contribution in [0.25, 0.3) is 0 Å². The van der Waals surface area contributed by atoms with Gasteiger partial charge in [-0.05, 0) is 12.1 Å². The molecule has 1 aromatic carbocycles. The van der Waals surface area contributed by atoms with E-state index in [1.54, 1.807) is 32.3 Å². The van der Waals surface area contributed by atoms with Crippen LogP contribution >= 0.6 is 0 Å². The highest BCUT2D eigenvalue weighted by Crippen LogP contribution is 2.18. The standard InChI is InChI=1S/C12H15N5O2S/c1-13-10-8-11(16-12(14-2)15-10)17-20(18,19)9-6-4-3-5-7-9/h3-8H,1-2H3,(H3,13,14,15,16,17). The van der Waals surface area contributed by atoms with E-state index in [2.05, 4.69) is 25.3 Å². The van der Waals surface area contributed by atoms with Crippen molar-refractivity contribution in [2.24, 2.45) is 0 Å². The lowest BCUT2D eigenvalue weighted by atomic mass is 10.4. The second kappa shape index (κ2) is 5.74. The van der Waals surface area contributed by atoms with E-state index >= 15 is 0 Å². The van der Waals surface area contributed by atoms with Gasteiger partial charge in [0.05, 0.1) is 4.90 Å². The fraction of sp³-hybridized carbons (Fsp3) is 0.167. The third kappa shape index (κ3) is 3.15. The van der Waals surface area contributed by atoms with E-state index in [4.69, 9.17) is 0 Å². The van der Waals surface area contributed by atoms with Gasteiger partial charge in [0.2, 0.25) is 5.95 Å². The Bertz CT molecular complexity index is 666. The van der Waals surface area contributed by atoms with Crippen LogP contribution in [0, 0.1) is 0 Å². The van der Waals surface area contributed by atoms with Gasteiger partial charge in [-0.2, -0.15) is 9.97 Å². The van der Waals surface area contributed by atoms with Crippen LogP contribution < -0.4 is 15.4 Å². The largest absolute Gasteiger partial charge is 0.373 e. The average molecular weight is 293 g/mol. The number of benzene rings is 1. The summed E-state index contributed by atoms with van der Waals surface area (Å²) in [6, 6.07) is 9.62. The zero-order chi connectivity index (χ0) is 14.6. The maximum Gasteiger partial charge on any atom is 0.263 e. The molecule has 1 aromatic heterocycles. The average Bonchev–Trinajstić information content (AvgIpc) is 2.47. The minimum Gasteiger partial charge on any atom is -0.373 e. The molecule has 0 spiro atoms. The van der Waals surface area contributed by atoms with Gasteiger partial charge in [-0.3, -0.25) is 4.72 Å². The van der Waals surface area contributed by atoms with E-state index in [0.29, 0.717) is 11.8 Å². The predicted molar refractivity (Wildman–Crippen MR) is 78.4 cm³/mol. The summed E-state index contributed by atoms with van der Waals surface area (Å²) in [4.78, 5) is 8.34. The molecule has 0 amide bonds. The molecule has 1 heterocycles. The third-order valence-electron chi connectivity index (χ3n) is 2.50. The molecular weight excluding hydrogens is 278 g/mol. The Labute approximate surface area is 117 Å². The fourth-order valence-corrected chi connectivity index (χ4v) is 2.55. The summed E-state index contributed by atoms with van der Waals surface area (Å²) >= 11 is 0. The Kier molecular flexibility index (Phi) is 4.04. The minimum atomic E-state index is -3.66. The zero-order valence-electron chi connectivity index (χ0n) is 11.1. The van der Waals surface area contributed by atoms with Crippen molar-refractivity contribution in [1.82, 2.24) is 9.97 Å². The Morgan fingerprint density at radius 1 is 0.950 bits per heavy atom. The van der Waals surface area contributed by atoms with Crippen LogP contribution in [0.3, 0.4) is 0 Å². The van der Waals surface area contributed by atoms with Crippen molar-refractivity contribution in [3.63, 3.8) is 0 Å². The molecule has 20 heavy (non-hydrogen) atoms. The number of nitrogens with zero attached hydrogens (tertiary/aromatic N) is 2. The molecule has 0 atom stereocenters. The number of hydrogen-bond donors (Lipinski definition) is 3. The molecular formula is C12H15N5O2S. The van der Waals surface area contributed by atoms with Crippen LogP contribution in [-0.2, 0) is 10.0 Å². The first-order chi connectivity index (χ1) is 9.55. The second-order valence-electron chi connectivity index (χ2n) is 3.88. The Hall–Kier alpha value is -2.35. The molecule has 0 saturated carbocycles. The summed E-state index contributed by atoms with van der Waals surface area (Å²) in [5.41, 5.74) is 0. The molecule has 0 radical (unpaired) electrons. The van der Waals surface area contributed by atoms with Gasteiger partial charge in [-0.25, -0.2) is 8.42 Å². The normalized spacial score (nSPS) is 10.9. The van der Waals surface area contributed by atoms with Crippen molar-refractivity contribution in [3.8, 4) is 0 Å². The maximum atomic E-state index is 12.2. The van der Waals surface area contributed by atoms with E-state index in [-0.39, 0.29) is 10.7 Å². The molecule has 0 saturated heterocycles. The van der Waals surface area contributed by atoms with Crippen molar-refractivity contribution in [1.29, 1.82) is 0 Å². The molecule has 0 bridgehead atoms. The zero-order valence-corrected chi connectivity index (χ0v) is 11.9. The van der Waals surface area contributed by atoms with Gasteiger partial charge in [0.15, 0.2) is 0 Å². The SMILES string of the molecule is CNc1cc(NS(=O)(=O)c2ccccc2)nc(NC)n1. The topological polar surface area (TPSA) is 96.0 Å². The molecule has 0 aliphatic carbocycles. The first kappa shape index (κ1) is 14.1. The van der Waals surface area contributed by atoms with Gasteiger partial charge in [0.25, 0.3) is 10.0 Å². The maximum absolute atomic E-state index is 12.2. The van der Waals surface area contributed by atoms with E-state index in [9.17, 15) is 8.42 Å². The lowest BCUT2D eigenvalue weighted by Crippen LogP contribution is -2.15. The highest BCUT2D eigenvalue weighted by atomic mass is 32.2. The van der Waals surface area contributed by atoms with E-state index in [1.165, 1.54) is 18.2 Å². The van der Waals surface area contributed by atoms with Crippen LogP contribution in [0.1, 0.15) is 0 Å². The first-order valence-corrected chi connectivity index (χ1v) is 7.36. The summed E-state index contributed by atoms with van der Waals surface area (Å²) < 4.78 is 26.8. The number of rotatable bonds is 5. The van der Waals surface area contributed by atoms with Crippen molar-refractivity contribution in [2.75, 3.05) is 29.5 Å². The van der Waals surface area contributed by atoms with Crippen LogP contribution in [0.15, 0.2) is 41.3 Å². The van der Waals surface area contributed by atoms with Gasteiger partial charge in [-0.15, -0.1) is 0 Å². The molecule has 2 rings (SSSR count). The molecule has 0 aliphatic heterocycles. The molecule has 0 unspecified atom stereocenters. The van der Waals surface area contributed by atoms with Crippen molar-refractivity contribution in [2.45, 2.75) is 4.90 Å². The molecule has 2 aromatic rings. The lowest BCUT2D eigenvalue weighted by Gasteiger charge is -2.10. The van der Waals surface area contributed by atoms with Crippen LogP contribution in [0.2, 0.25) is 0 Å². The molecule has 0 aliphatic rings. The summed E-state index contributed by atoms with van der Waals surface area (Å²) in [6.45, 7) is 0. The van der Waals surface area contributed by atoms with Crippen LogP contribution in [0.5, 0.6) is 0 Å². The van der Waals surface area contributed by atoms with Crippen molar-refractivity contribution in [3.05, 3.63) is 36.4 Å². The Morgan fingerprint density at radius 2 is 1.60 bits per heavy atom.